The van der Waals surface area contributed by atoms with E-state index in [4.69, 9.17) is 5.73 Å². The lowest BCUT2D eigenvalue weighted by atomic mass is 10.2. The van der Waals surface area contributed by atoms with Crippen LogP contribution in [0.2, 0.25) is 0 Å². The number of nitrogens with two attached hydrogens (primary N) is 1. The quantitative estimate of drug-likeness (QED) is 0.724. The first-order valence-electron chi connectivity index (χ1n) is 6.25. The lowest BCUT2D eigenvalue weighted by Crippen LogP contribution is -2.26. The summed E-state index contributed by atoms with van der Waals surface area (Å²) in [6.45, 7) is 2.75. The van der Waals surface area contributed by atoms with Gasteiger partial charge in [0.05, 0.1) is 23.7 Å². The molecular formula is C12H20N4O3S. The Kier molecular flexibility index (Phi) is 5.32. The fraction of sp³-hybridized carbons (Fsp3) is 0.500. The average molecular weight is 300 g/mol. The van der Waals surface area contributed by atoms with Crippen LogP contribution >= 0.6 is 0 Å². The minimum Gasteiger partial charge on any atom is -0.383 e. The molecule has 7 nitrogen and oxygen atoms in total. The summed E-state index contributed by atoms with van der Waals surface area (Å²) in [5, 5.41) is 3.07. The van der Waals surface area contributed by atoms with Crippen molar-refractivity contribution in [2.75, 3.05) is 29.5 Å². The molecule has 0 aliphatic carbocycles. The molecule has 0 atom stereocenters. The molecule has 0 unspecified atom stereocenters. The number of primary amides is 1. The van der Waals surface area contributed by atoms with E-state index in [1.165, 1.54) is 19.3 Å². The lowest BCUT2D eigenvalue weighted by molar-refractivity contribution is 0.100. The smallest absolute Gasteiger partial charge is 0.250 e. The number of sulfonamides is 1. The van der Waals surface area contributed by atoms with E-state index in [9.17, 15) is 13.2 Å². The van der Waals surface area contributed by atoms with Crippen molar-refractivity contribution in [1.29, 1.82) is 0 Å². The highest BCUT2D eigenvalue weighted by Gasteiger charge is 2.17. The van der Waals surface area contributed by atoms with Crippen LogP contribution in [0.25, 0.3) is 0 Å². The molecule has 1 amide bonds. The fourth-order valence-corrected chi connectivity index (χ4v) is 1.97. The number of carbonyl (C=O) groups excluding carboxylic acids is 1. The Balaban J connectivity index is 3.10. The van der Waals surface area contributed by atoms with Gasteiger partial charge in [0.1, 0.15) is 5.82 Å². The van der Waals surface area contributed by atoms with Crippen molar-refractivity contribution in [2.45, 2.75) is 19.8 Å². The molecular weight excluding hydrogens is 280 g/mol. The average Bonchev–Trinajstić information content (AvgIpc) is 2.37. The van der Waals surface area contributed by atoms with Crippen LogP contribution in [-0.2, 0) is 10.0 Å². The Morgan fingerprint density at radius 1 is 1.50 bits per heavy atom. The zero-order valence-electron chi connectivity index (χ0n) is 11.9. The van der Waals surface area contributed by atoms with Crippen LogP contribution in [0.4, 0.5) is 11.5 Å². The van der Waals surface area contributed by atoms with Crippen LogP contribution < -0.4 is 15.4 Å². The number of rotatable bonds is 7. The number of nitrogens with one attached hydrogen (secondary N) is 1. The molecule has 8 heteroatoms. The number of pyridine rings is 1. The Morgan fingerprint density at radius 3 is 2.65 bits per heavy atom. The number of anilines is 2. The minimum absolute atomic E-state index is 0.155. The monoisotopic (exact) mass is 300 g/mol. The summed E-state index contributed by atoms with van der Waals surface area (Å²) in [6.07, 6.45) is 4.45. The van der Waals surface area contributed by atoms with E-state index in [0.717, 1.165) is 23.4 Å². The topological polar surface area (TPSA) is 105 Å². The highest BCUT2D eigenvalue weighted by atomic mass is 32.2. The van der Waals surface area contributed by atoms with E-state index in [2.05, 4.69) is 17.2 Å². The van der Waals surface area contributed by atoms with Gasteiger partial charge in [0.25, 0.3) is 5.91 Å². The predicted octanol–water partition coefficient (Wildman–Crippen LogP) is 0.788. The second-order valence-corrected chi connectivity index (χ2v) is 6.48. The van der Waals surface area contributed by atoms with Crippen molar-refractivity contribution in [3.8, 4) is 0 Å². The molecule has 0 aliphatic rings. The predicted molar refractivity (Wildman–Crippen MR) is 79.4 cm³/mol. The Labute approximate surface area is 119 Å². The number of amides is 1. The second kappa shape index (κ2) is 6.56. The van der Waals surface area contributed by atoms with E-state index in [-0.39, 0.29) is 11.4 Å². The highest BCUT2D eigenvalue weighted by molar-refractivity contribution is 7.92. The summed E-state index contributed by atoms with van der Waals surface area (Å²) in [5.41, 5.74) is 6.06. The third kappa shape index (κ3) is 4.09. The molecule has 1 heterocycles. The van der Waals surface area contributed by atoms with E-state index >= 15 is 0 Å². The molecule has 0 saturated heterocycles. The Bertz CT molecular complexity index is 586. The van der Waals surface area contributed by atoms with E-state index in [1.54, 1.807) is 0 Å². The van der Waals surface area contributed by atoms with Gasteiger partial charge in [0, 0.05) is 13.6 Å². The number of carbonyl (C=O) groups is 1. The largest absolute Gasteiger partial charge is 0.383 e. The van der Waals surface area contributed by atoms with Crippen LogP contribution in [0.1, 0.15) is 30.1 Å². The molecule has 0 aliphatic heterocycles. The summed E-state index contributed by atoms with van der Waals surface area (Å²) < 4.78 is 23.9. The van der Waals surface area contributed by atoms with Gasteiger partial charge in [-0.3, -0.25) is 9.10 Å². The third-order valence-electron chi connectivity index (χ3n) is 2.82. The maximum atomic E-state index is 11.5. The van der Waals surface area contributed by atoms with Gasteiger partial charge in [-0.15, -0.1) is 0 Å². The van der Waals surface area contributed by atoms with E-state index in [0.29, 0.717) is 12.2 Å². The number of hydrogen-bond acceptors (Lipinski definition) is 5. The van der Waals surface area contributed by atoms with Crippen LogP contribution in [0, 0.1) is 0 Å². The SMILES string of the molecule is CCCCNc1cnc(N(C)S(C)(=O)=O)cc1C(N)=O. The van der Waals surface area contributed by atoms with Crippen molar-refractivity contribution in [3.63, 3.8) is 0 Å². The maximum Gasteiger partial charge on any atom is 0.250 e. The number of aromatic nitrogens is 1. The van der Waals surface area contributed by atoms with Crippen molar-refractivity contribution >= 4 is 27.4 Å². The summed E-state index contributed by atoms with van der Waals surface area (Å²) in [6, 6.07) is 1.37. The second-order valence-electron chi connectivity index (χ2n) is 4.46. The molecule has 0 saturated carbocycles. The zero-order valence-corrected chi connectivity index (χ0v) is 12.7. The fourth-order valence-electron chi connectivity index (χ4n) is 1.53. The van der Waals surface area contributed by atoms with Gasteiger partial charge in [0.15, 0.2) is 0 Å². The van der Waals surface area contributed by atoms with Crippen molar-refractivity contribution in [1.82, 2.24) is 4.98 Å². The molecule has 0 bridgehead atoms. The number of hydrogen-bond donors (Lipinski definition) is 2. The van der Waals surface area contributed by atoms with Crippen molar-refractivity contribution in [3.05, 3.63) is 17.8 Å². The van der Waals surface area contributed by atoms with Gasteiger partial charge >= 0.3 is 0 Å². The Hall–Kier alpha value is -1.83. The van der Waals surface area contributed by atoms with Gasteiger partial charge in [0.2, 0.25) is 10.0 Å². The lowest BCUT2D eigenvalue weighted by Gasteiger charge is -2.17. The van der Waals surface area contributed by atoms with Crippen molar-refractivity contribution < 1.29 is 13.2 Å². The normalized spacial score (nSPS) is 11.2. The van der Waals surface area contributed by atoms with E-state index in [1.807, 2.05) is 0 Å². The number of nitrogens with zero attached hydrogens (tertiary/aromatic N) is 2. The first-order valence-corrected chi connectivity index (χ1v) is 8.09. The van der Waals surface area contributed by atoms with Crippen LogP contribution in [0.3, 0.4) is 0 Å². The van der Waals surface area contributed by atoms with Gasteiger partial charge < -0.3 is 11.1 Å². The summed E-state index contributed by atoms with van der Waals surface area (Å²) in [7, 11) is -2.07. The molecule has 0 aromatic carbocycles. The van der Waals surface area contributed by atoms with Gasteiger partial charge in [-0.2, -0.15) is 0 Å². The minimum atomic E-state index is -3.43. The standard InChI is InChI=1S/C12H20N4O3S/c1-4-5-6-14-10-8-15-11(7-9(10)12(13)17)16(2)20(3,18)19/h7-8,14H,4-6H2,1-3H3,(H2,13,17). The van der Waals surface area contributed by atoms with E-state index < -0.39 is 15.9 Å². The summed E-state index contributed by atoms with van der Waals surface area (Å²) in [5.74, 6) is -0.475. The summed E-state index contributed by atoms with van der Waals surface area (Å²) in [4.78, 5) is 15.5. The zero-order chi connectivity index (χ0) is 15.3. The maximum absolute atomic E-state index is 11.5. The highest BCUT2D eigenvalue weighted by Crippen LogP contribution is 2.21. The number of unbranched alkanes of at least 4 members (excludes halogenated alkanes) is 1. The first-order chi connectivity index (χ1) is 9.27. The van der Waals surface area contributed by atoms with Gasteiger partial charge in [-0.1, -0.05) is 13.3 Å². The molecule has 1 aromatic rings. The molecule has 3 N–H and O–H groups in total. The molecule has 0 spiro atoms. The third-order valence-corrected chi connectivity index (χ3v) is 4.00. The van der Waals surface area contributed by atoms with Crippen LogP contribution in [0.15, 0.2) is 12.3 Å². The summed E-state index contributed by atoms with van der Waals surface area (Å²) >= 11 is 0. The molecule has 1 aromatic heterocycles. The van der Waals surface area contributed by atoms with Gasteiger partial charge in [-0.05, 0) is 12.5 Å². The van der Waals surface area contributed by atoms with Crippen molar-refractivity contribution in [2.24, 2.45) is 5.73 Å². The molecule has 1 rings (SSSR count). The molecule has 0 fully saturated rings. The Morgan fingerprint density at radius 2 is 2.15 bits per heavy atom. The first kappa shape index (κ1) is 16.2. The van der Waals surface area contributed by atoms with Gasteiger partial charge in [-0.25, -0.2) is 13.4 Å². The molecule has 112 valence electrons. The molecule has 0 radical (unpaired) electrons. The van der Waals surface area contributed by atoms with Crippen LogP contribution in [-0.4, -0.2) is 39.2 Å². The van der Waals surface area contributed by atoms with Crippen LogP contribution in [0.5, 0.6) is 0 Å². The molecule has 20 heavy (non-hydrogen) atoms.